The Balaban J connectivity index is 1.45. The first-order chi connectivity index (χ1) is 17.5. The van der Waals surface area contributed by atoms with Gasteiger partial charge in [0.25, 0.3) is 5.56 Å². The van der Waals surface area contributed by atoms with Gasteiger partial charge in [0.05, 0.1) is 35.7 Å². The summed E-state index contributed by atoms with van der Waals surface area (Å²) in [5, 5.41) is 3.89. The van der Waals surface area contributed by atoms with E-state index in [0.717, 1.165) is 30.6 Å². The third-order valence-corrected chi connectivity index (χ3v) is 6.82. The van der Waals surface area contributed by atoms with Crippen molar-refractivity contribution in [3.05, 3.63) is 110 Å². The van der Waals surface area contributed by atoms with Crippen LogP contribution in [0, 0.1) is 0 Å². The van der Waals surface area contributed by atoms with E-state index >= 15 is 0 Å². The molecule has 7 nitrogen and oxygen atoms in total. The van der Waals surface area contributed by atoms with Crippen molar-refractivity contribution in [1.82, 2.24) is 14.5 Å². The molecule has 1 atom stereocenters. The Kier molecular flexibility index (Phi) is 7.02. The van der Waals surface area contributed by atoms with E-state index in [2.05, 4.69) is 5.32 Å². The van der Waals surface area contributed by atoms with Gasteiger partial charge in [0.15, 0.2) is 0 Å². The summed E-state index contributed by atoms with van der Waals surface area (Å²) in [6.07, 6.45) is 2.28. The molecule has 5 rings (SSSR count). The average Bonchev–Trinajstić information content (AvgIpc) is 3.41. The molecule has 184 valence electrons. The maximum Gasteiger partial charge on any atom is 0.336 e. The number of carbonyl (C=O) groups excluding carboxylic acids is 1. The highest BCUT2D eigenvalue weighted by Crippen LogP contribution is 2.18. The number of amides is 1. The average molecular weight is 504 g/mol. The van der Waals surface area contributed by atoms with E-state index in [1.165, 1.54) is 4.57 Å². The Morgan fingerprint density at radius 2 is 1.75 bits per heavy atom. The molecule has 0 saturated carbocycles. The van der Waals surface area contributed by atoms with Gasteiger partial charge in [-0.2, -0.15) is 0 Å². The van der Waals surface area contributed by atoms with Gasteiger partial charge in [-0.25, -0.2) is 9.36 Å². The molecular weight excluding hydrogens is 478 g/mol. The highest BCUT2D eigenvalue weighted by Gasteiger charge is 2.17. The summed E-state index contributed by atoms with van der Waals surface area (Å²) in [5.74, 6) is -0.0942. The standard InChI is InChI=1S/C28H26ClN3O4/c29-24-9-3-1-6-20(24)18-31-25-10-4-2-8-23(25)27(34)32(28(31)35)21-13-11-19(12-14-21)16-26(33)30-17-22-7-5-15-36-22/h1-4,6,8-14,22H,5,7,15-18H2,(H,30,33)/t22-/m1/s1. The lowest BCUT2D eigenvalue weighted by atomic mass is 10.1. The Bertz CT molecular complexity index is 1520. The van der Waals surface area contributed by atoms with E-state index in [9.17, 15) is 14.4 Å². The Labute approximate surface area is 212 Å². The van der Waals surface area contributed by atoms with Crippen molar-refractivity contribution in [2.75, 3.05) is 13.2 Å². The van der Waals surface area contributed by atoms with Gasteiger partial charge in [0, 0.05) is 18.2 Å². The third-order valence-electron chi connectivity index (χ3n) is 6.45. The summed E-state index contributed by atoms with van der Waals surface area (Å²) >= 11 is 6.36. The normalized spacial score (nSPS) is 15.3. The van der Waals surface area contributed by atoms with Gasteiger partial charge in [0.1, 0.15) is 0 Å². The molecule has 1 aromatic heterocycles. The van der Waals surface area contributed by atoms with Crippen LogP contribution in [0.25, 0.3) is 16.6 Å². The maximum atomic E-state index is 13.6. The third kappa shape index (κ3) is 4.98. The monoisotopic (exact) mass is 503 g/mol. The number of hydrogen-bond acceptors (Lipinski definition) is 4. The number of ether oxygens (including phenoxy) is 1. The zero-order valence-electron chi connectivity index (χ0n) is 19.7. The Morgan fingerprint density at radius 3 is 2.50 bits per heavy atom. The lowest BCUT2D eigenvalue weighted by Crippen LogP contribution is -2.39. The summed E-state index contributed by atoms with van der Waals surface area (Å²) in [5.41, 5.74) is 1.69. The molecule has 0 bridgehead atoms. The van der Waals surface area contributed by atoms with E-state index in [0.29, 0.717) is 28.2 Å². The van der Waals surface area contributed by atoms with Gasteiger partial charge < -0.3 is 10.1 Å². The molecule has 1 amide bonds. The van der Waals surface area contributed by atoms with Crippen molar-refractivity contribution < 1.29 is 9.53 Å². The molecule has 1 saturated heterocycles. The van der Waals surface area contributed by atoms with E-state index in [1.54, 1.807) is 59.2 Å². The molecule has 1 fully saturated rings. The molecule has 8 heteroatoms. The number of hydrogen-bond donors (Lipinski definition) is 1. The summed E-state index contributed by atoms with van der Waals surface area (Å²) in [6.45, 7) is 1.48. The van der Waals surface area contributed by atoms with Gasteiger partial charge >= 0.3 is 5.69 Å². The van der Waals surface area contributed by atoms with E-state index < -0.39 is 11.2 Å². The van der Waals surface area contributed by atoms with Crippen molar-refractivity contribution in [3.8, 4) is 5.69 Å². The van der Waals surface area contributed by atoms with E-state index in [4.69, 9.17) is 16.3 Å². The topological polar surface area (TPSA) is 82.3 Å². The van der Waals surface area contributed by atoms with Crippen LogP contribution >= 0.6 is 11.6 Å². The van der Waals surface area contributed by atoms with Crippen LogP contribution in [-0.4, -0.2) is 34.3 Å². The summed E-state index contributed by atoms with van der Waals surface area (Å²) in [7, 11) is 0. The minimum absolute atomic E-state index is 0.0871. The van der Waals surface area contributed by atoms with E-state index in [-0.39, 0.29) is 25.0 Å². The second-order valence-electron chi connectivity index (χ2n) is 8.90. The number of carbonyl (C=O) groups is 1. The SMILES string of the molecule is O=C(Cc1ccc(-n2c(=O)c3ccccc3n(Cc3ccccc3Cl)c2=O)cc1)NC[C@H]1CCCO1. The minimum Gasteiger partial charge on any atom is -0.376 e. The molecule has 0 radical (unpaired) electrons. The molecule has 0 unspecified atom stereocenters. The molecular formula is C28H26ClN3O4. The number of fused-ring (bicyclic) bond motifs is 1. The number of rotatable bonds is 7. The molecule has 1 aliphatic heterocycles. The molecule has 1 aliphatic rings. The van der Waals surface area contributed by atoms with Crippen LogP contribution in [0.4, 0.5) is 0 Å². The molecule has 0 aliphatic carbocycles. The lowest BCUT2D eigenvalue weighted by Gasteiger charge is -2.15. The van der Waals surface area contributed by atoms with Crippen LogP contribution < -0.4 is 16.6 Å². The zero-order valence-corrected chi connectivity index (χ0v) is 20.4. The van der Waals surface area contributed by atoms with Gasteiger partial charge in [-0.05, 0) is 54.3 Å². The maximum absolute atomic E-state index is 13.6. The van der Waals surface area contributed by atoms with Crippen molar-refractivity contribution >= 4 is 28.4 Å². The highest BCUT2D eigenvalue weighted by atomic mass is 35.5. The second kappa shape index (κ2) is 10.5. The van der Waals surface area contributed by atoms with Crippen LogP contribution in [0.3, 0.4) is 0 Å². The summed E-state index contributed by atoms with van der Waals surface area (Å²) in [4.78, 5) is 39.3. The van der Waals surface area contributed by atoms with Crippen molar-refractivity contribution in [3.63, 3.8) is 0 Å². The van der Waals surface area contributed by atoms with E-state index in [1.807, 2.05) is 18.2 Å². The van der Waals surface area contributed by atoms with Gasteiger partial charge in [-0.15, -0.1) is 0 Å². The van der Waals surface area contributed by atoms with Gasteiger partial charge in [0.2, 0.25) is 5.91 Å². The molecule has 36 heavy (non-hydrogen) atoms. The first kappa shape index (κ1) is 24.0. The fourth-order valence-electron chi connectivity index (χ4n) is 4.54. The number of halogens is 1. The predicted octanol–water partition coefficient (Wildman–Crippen LogP) is 3.69. The van der Waals surface area contributed by atoms with Crippen molar-refractivity contribution in [2.24, 2.45) is 0 Å². The Morgan fingerprint density at radius 1 is 1.00 bits per heavy atom. The first-order valence-corrected chi connectivity index (χ1v) is 12.3. The van der Waals surface area contributed by atoms with Crippen LogP contribution in [0.2, 0.25) is 5.02 Å². The fourth-order valence-corrected chi connectivity index (χ4v) is 4.74. The first-order valence-electron chi connectivity index (χ1n) is 12.0. The van der Waals surface area contributed by atoms with Crippen molar-refractivity contribution in [1.29, 1.82) is 0 Å². The van der Waals surface area contributed by atoms with Crippen LogP contribution in [0.5, 0.6) is 0 Å². The fraction of sp³-hybridized carbons (Fsp3) is 0.250. The predicted molar refractivity (Wildman–Crippen MR) is 140 cm³/mol. The summed E-state index contributed by atoms with van der Waals surface area (Å²) in [6, 6.07) is 21.3. The zero-order chi connectivity index (χ0) is 25.1. The number of benzene rings is 3. The number of nitrogens with one attached hydrogen (secondary N) is 1. The van der Waals surface area contributed by atoms with Crippen LogP contribution in [0.15, 0.2) is 82.4 Å². The highest BCUT2D eigenvalue weighted by molar-refractivity contribution is 6.31. The molecule has 3 aromatic carbocycles. The van der Waals surface area contributed by atoms with Crippen LogP contribution in [-0.2, 0) is 22.5 Å². The van der Waals surface area contributed by atoms with Gasteiger partial charge in [-0.1, -0.05) is 54.1 Å². The van der Waals surface area contributed by atoms with Crippen molar-refractivity contribution in [2.45, 2.75) is 31.9 Å². The quantitative estimate of drug-likeness (QED) is 0.417. The van der Waals surface area contributed by atoms with Crippen LogP contribution in [0.1, 0.15) is 24.0 Å². The minimum atomic E-state index is -0.458. The molecule has 1 N–H and O–H groups in total. The molecule has 4 aromatic rings. The van der Waals surface area contributed by atoms with Gasteiger partial charge in [-0.3, -0.25) is 14.2 Å². The second-order valence-corrected chi connectivity index (χ2v) is 9.31. The lowest BCUT2D eigenvalue weighted by molar-refractivity contribution is -0.120. The number of para-hydroxylation sites is 1. The smallest absolute Gasteiger partial charge is 0.336 e. The number of nitrogens with zero attached hydrogens (tertiary/aromatic N) is 2. The Hall–Kier alpha value is -3.68. The summed E-state index contributed by atoms with van der Waals surface area (Å²) < 4.78 is 8.27. The number of aromatic nitrogens is 2. The molecule has 2 heterocycles. The molecule has 0 spiro atoms. The largest absolute Gasteiger partial charge is 0.376 e.